The van der Waals surface area contributed by atoms with Gasteiger partial charge in [-0.15, -0.1) is 0 Å². The Balaban J connectivity index is 2.54. The van der Waals surface area contributed by atoms with E-state index in [1.807, 2.05) is 0 Å². The summed E-state index contributed by atoms with van der Waals surface area (Å²) < 4.78 is 10.2. The molecule has 116 valence electrons. The van der Waals surface area contributed by atoms with Gasteiger partial charge in [0.05, 0.1) is 14.2 Å². The highest BCUT2D eigenvalue weighted by Gasteiger charge is 2.11. The van der Waals surface area contributed by atoms with Crippen molar-refractivity contribution in [3.63, 3.8) is 0 Å². The largest absolute Gasteiger partial charge is 0.497 e. The lowest BCUT2D eigenvalue weighted by Crippen LogP contribution is -2.36. The van der Waals surface area contributed by atoms with E-state index >= 15 is 0 Å². The standard InChI is InChI=1S/C13H16Cl2N2O4/c1-20-9-5-8(6-10(7-9)21-2)12(18)16-3-4-17-13(19)11(14)15/h5-7,11H,3-4H2,1-2H3,(H,16,18)(H,17,19). The molecule has 0 bridgehead atoms. The third kappa shape index (κ3) is 5.69. The minimum atomic E-state index is -1.12. The predicted molar refractivity (Wildman–Crippen MR) is 80.4 cm³/mol. The third-order valence-electron chi connectivity index (χ3n) is 2.52. The van der Waals surface area contributed by atoms with Crippen molar-refractivity contribution in [1.29, 1.82) is 0 Å². The van der Waals surface area contributed by atoms with Crippen molar-refractivity contribution in [2.75, 3.05) is 27.3 Å². The molecule has 1 aromatic carbocycles. The third-order valence-corrected chi connectivity index (χ3v) is 2.92. The van der Waals surface area contributed by atoms with Crippen LogP contribution in [0.25, 0.3) is 0 Å². The maximum absolute atomic E-state index is 12.0. The molecule has 2 N–H and O–H groups in total. The summed E-state index contributed by atoms with van der Waals surface area (Å²) >= 11 is 10.7. The molecule has 0 aromatic heterocycles. The van der Waals surface area contributed by atoms with E-state index in [-0.39, 0.29) is 19.0 Å². The summed E-state index contributed by atoms with van der Waals surface area (Å²) in [6, 6.07) is 4.84. The van der Waals surface area contributed by atoms with Gasteiger partial charge in [0.2, 0.25) is 0 Å². The molecule has 1 aromatic rings. The molecule has 0 radical (unpaired) electrons. The van der Waals surface area contributed by atoms with E-state index in [4.69, 9.17) is 32.7 Å². The average molecular weight is 335 g/mol. The van der Waals surface area contributed by atoms with Crippen molar-refractivity contribution < 1.29 is 19.1 Å². The van der Waals surface area contributed by atoms with Crippen LogP contribution in [0.1, 0.15) is 10.4 Å². The molecule has 21 heavy (non-hydrogen) atoms. The van der Waals surface area contributed by atoms with Gasteiger partial charge in [0, 0.05) is 24.7 Å². The first-order valence-corrected chi connectivity index (χ1v) is 6.92. The lowest BCUT2D eigenvalue weighted by atomic mass is 10.2. The Bertz CT molecular complexity index is 487. The average Bonchev–Trinajstić information content (AvgIpc) is 2.50. The maximum atomic E-state index is 12.0. The van der Waals surface area contributed by atoms with Gasteiger partial charge in [-0.05, 0) is 12.1 Å². The molecular weight excluding hydrogens is 319 g/mol. The molecule has 8 heteroatoms. The van der Waals surface area contributed by atoms with Crippen molar-refractivity contribution in [3.8, 4) is 11.5 Å². The predicted octanol–water partition coefficient (Wildman–Crippen LogP) is 1.35. The van der Waals surface area contributed by atoms with E-state index in [1.165, 1.54) is 14.2 Å². The van der Waals surface area contributed by atoms with Crippen molar-refractivity contribution in [2.45, 2.75) is 4.84 Å². The van der Waals surface area contributed by atoms with Gasteiger partial charge in [-0.25, -0.2) is 0 Å². The quantitative estimate of drug-likeness (QED) is 0.583. The Morgan fingerprint density at radius 1 is 1.05 bits per heavy atom. The summed E-state index contributed by atoms with van der Waals surface area (Å²) in [5.74, 6) is 0.213. The van der Waals surface area contributed by atoms with Gasteiger partial charge in [-0.1, -0.05) is 23.2 Å². The van der Waals surface area contributed by atoms with Crippen LogP contribution in [0.2, 0.25) is 0 Å². The lowest BCUT2D eigenvalue weighted by Gasteiger charge is -2.10. The summed E-state index contributed by atoms with van der Waals surface area (Å²) in [4.78, 5) is 22.0. The Morgan fingerprint density at radius 2 is 1.57 bits per heavy atom. The summed E-state index contributed by atoms with van der Waals surface area (Å²) in [6.07, 6.45) is 0. The maximum Gasteiger partial charge on any atom is 0.253 e. The zero-order chi connectivity index (χ0) is 15.8. The van der Waals surface area contributed by atoms with Crippen LogP contribution in [-0.2, 0) is 4.79 Å². The molecule has 0 atom stereocenters. The summed E-state index contributed by atoms with van der Waals surface area (Å²) in [5, 5.41) is 5.11. The zero-order valence-corrected chi connectivity index (χ0v) is 13.1. The Morgan fingerprint density at radius 3 is 2.05 bits per heavy atom. The number of hydrogen-bond donors (Lipinski definition) is 2. The first kappa shape index (κ1) is 17.4. The van der Waals surface area contributed by atoms with Crippen LogP contribution in [0.3, 0.4) is 0 Å². The monoisotopic (exact) mass is 334 g/mol. The molecule has 0 heterocycles. The number of nitrogens with one attached hydrogen (secondary N) is 2. The van der Waals surface area contributed by atoms with Crippen molar-refractivity contribution >= 4 is 35.0 Å². The number of rotatable bonds is 7. The molecule has 0 aliphatic rings. The molecule has 0 spiro atoms. The number of hydrogen-bond acceptors (Lipinski definition) is 4. The second-order valence-electron chi connectivity index (χ2n) is 3.95. The fourth-order valence-electron chi connectivity index (χ4n) is 1.48. The van der Waals surface area contributed by atoms with Crippen LogP contribution in [0.5, 0.6) is 11.5 Å². The first-order chi connectivity index (χ1) is 9.97. The molecule has 6 nitrogen and oxygen atoms in total. The molecule has 0 aliphatic heterocycles. The van der Waals surface area contributed by atoms with Gasteiger partial charge in [-0.2, -0.15) is 0 Å². The second-order valence-corrected chi connectivity index (χ2v) is 5.05. The highest BCUT2D eigenvalue weighted by atomic mass is 35.5. The molecule has 2 amide bonds. The Kier molecular flexibility index (Phi) is 7.11. The van der Waals surface area contributed by atoms with Gasteiger partial charge >= 0.3 is 0 Å². The smallest absolute Gasteiger partial charge is 0.253 e. The van der Waals surface area contributed by atoms with Crippen LogP contribution >= 0.6 is 23.2 Å². The van der Waals surface area contributed by atoms with Gasteiger partial charge in [-0.3, -0.25) is 9.59 Å². The molecular formula is C13H16Cl2N2O4. The van der Waals surface area contributed by atoms with E-state index in [0.717, 1.165) is 0 Å². The fourth-order valence-corrected chi connectivity index (χ4v) is 1.63. The minimum Gasteiger partial charge on any atom is -0.497 e. The van der Waals surface area contributed by atoms with E-state index < -0.39 is 10.7 Å². The number of carbonyl (C=O) groups is 2. The van der Waals surface area contributed by atoms with Gasteiger partial charge in [0.25, 0.3) is 11.8 Å². The SMILES string of the molecule is COc1cc(OC)cc(C(=O)NCCNC(=O)C(Cl)Cl)c1. The Labute approximate surface area is 132 Å². The highest BCUT2D eigenvalue weighted by molar-refractivity contribution is 6.53. The number of amides is 2. The topological polar surface area (TPSA) is 76.7 Å². The molecule has 1 rings (SSSR count). The number of carbonyl (C=O) groups excluding carboxylic acids is 2. The number of halogens is 2. The minimum absolute atomic E-state index is 0.224. The van der Waals surface area contributed by atoms with Crippen molar-refractivity contribution in [3.05, 3.63) is 23.8 Å². The molecule has 0 saturated carbocycles. The van der Waals surface area contributed by atoms with E-state index in [0.29, 0.717) is 17.1 Å². The summed E-state index contributed by atoms with van der Waals surface area (Å²) in [6.45, 7) is 0.464. The van der Waals surface area contributed by atoms with Crippen LogP contribution in [0.15, 0.2) is 18.2 Å². The second kappa shape index (κ2) is 8.59. The van der Waals surface area contributed by atoms with Crippen molar-refractivity contribution in [2.24, 2.45) is 0 Å². The number of methoxy groups -OCH3 is 2. The summed E-state index contributed by atoms with van der Waals surface area (Å²) in [5.41, 5.74) is 0.394. The Hall–Kier alpha value is -1.66. The van der Waals surface area contributed by atoms with E-state index in [1.54, 1.807) is 18.2 Å². The van der Waals surface area contributed by atoms with Crippen LogP contribution in [0, 0.1) is 0 Å². The molecule has 0 unspecified atom stereocenters. The number of alkyl halides is 2. The number of benzene rings is 1. The van der Waals surface area contributed by atoms with E-state index in [2.05, 4.69) is 10.6 Å². The first-order valence-electron chi connectivity index (χ1n) is 6.05. The molecule has 0 aliphatic carbocycles. The number of ether oxygens (including phenoxy) is 2. The highest BCUT2D eigenvalue weighted by Crippen LogP contribution is 2.22. The summed E-state index contributed by atoms with van der Waals surface area (Å²) in [7, 11) is 3.00. The zero-order valence-electron chi connectivity index (χ0n) is 11.6. The van der Waals surface area contributed by atoms with Crippen LogP contribution in [0.4, 0.5) is 0 Å². The van der Waals surface area contributed by atoms with Gasteiger partial charge in [0.1, 0.15) is 11.5 Å². The molecule has 0 saturated heterocycles. The fraction of sp³-hybridized carbons (Fsp3) is 0.385. The molecule has 0 fully saturated rings. The normalized spacial score (nSPS) is 10.1. The van der Waals surface area contributed by atoms with Gasteiger partial charge in [0.15, 0.2) is 4.84 Å². The van der Waals surface area contributed by atoms with Crippen LogP contribution < -0.4 is 20.1 Å². The lowest BCUT2D eigenvalue weighted by molar-refractivity contribution is -0.119. The van der Waals surface area contributed by atoms with Crippen LogP contribution in [-0.4, -0.2) is 44.0 Å². The van der Waals surface area contributed by atoms with Crippen molar-refractivity contribution in [1.82, 2.24) is 10.6 Å². The van der Waals surface area contributed by atoms with Gasteiger partial charge < -0.3 is 20.1 Å². The van der Waals surface area contributed by atoms with E-state index in [9.17, 15) is 9.59 Å².